The summed E-state index contributed by atoms with van der Waals surface area (Å²) in [5, 5.41) is 8.52. The van der Waals surface area contributed by atoms with Crippen LogP contribution in [0.25, 0.3) is 0 Å². The number of rotatable bonds is 11. The van der Waals surface area contributed by atoms with Gasteiger partial charge in [0, 0.05) is 7.11 Å². The summed E-state index contributed by atoms with van der Waals surface area (Å²) in [7, 11) is 1.61. The lowest BCUT2D eigenvalue weighted by Gasteiger charge is -2.05. The third-order valence-electron chi connectivity index (χ3n) is 1.75. The van der Waals surface area contributed by atoms with Crippen LogP contribution in [-0.2, 0) is 23.7 Å². The van der Waals surface area contributed by atoms with Crippen molar-refractivity contribution in [1.29, 1.82) is 0 Å². The Morgan fingerprint density at radius 3 is 2.12 bits per heavy atom. The number of aliphatic carboxylic acids is 1. The molecule has 0 saturated heterocycles. The molecule has 0 unspecified atom stereocenters. The van der Waals surface area contributed by atoms with E-state index < -0.39 is 5.97 Å². The fourth-order valence-electron chi connectivity index (χ4n) is 0.806. The molecule has 6 heteroatoms. The highest BCUT2D eigenvalue weighted by atomic mass is 16.5. The SMILES string of the molecule is COCCOCCOCCOC=C(C)C(=O)O. The molecule has 0 aromatic rings. The van der Waals surface area contributed by atoms with Crippen LogP contribution in [0.1, 0.15) is 6.92 Å². The molecule has 0 amide bonds. The number of hydrogen-bond donors (Lipinski definition) is 1. The summed E-state index contributed by atoms with van der Waals surface area (Å²) in [6.45, 7) is 4.30. The average molecular weight is 248 g/mol. The second-order valence-electron chi connectivity index (χ2n) is 3.19. The van der Waals surface area contributed by atoms with Crippen molar-refractivity contribution in [3.63, 3.8) is 0 Å². The van der Waals surface area contributed by atoms with Crippen molar-refractivity contribution in [1.82, 2.24) is 0 Å². The lowest BCUT2D eigenvalue weighted by atomic mass is 10.3. The molecular weight excluding hydrogens is 228 g/mol. The van der Waals surface area contributed by atoms with Crippen LogP contribution in [0.2, 0.25) is 0 Å². The molecule has 0 aliphatic carbocycles. The van der Waals surface area contributed by atoms with Crippen LogP contribution in [0.4, 0.5) is 0 Å². The molecule has 0 aliphatic rings. The van der Waals surface area contributed by atoms with E-state index in [-0.39, 0.29) is 5.57 Å². The number of hydrogen-bond acceptors (Lipinski definition) is 5. The predicted molar refractivity (Wildman–Crippen MR) is 60.9 cm³/mol. The van der Waals surface area contributed by atoms with E-state index >= 15 is 0 Å². The zero-order chi connectivity index (χ0) is 12.9. The van der Waals surface area contributed by atoms with Crippen molar-refractivity contribution >= 4 is 5.97 Å². The summed E-state index contributed by atoms with van der Waals surface area (Å²) in [6.07, 6.45) is 1.21. The van der Waals surface area contributed by atoms with E-state index in [0.29, 0.717) is 39.6 Å². The van der Waals surface area contributed by atoms with Gasteiger partial charge in [-0.3, -0.25) is 0 Å². The van der Waals surface area contributed by atoms with E-state index in [0.717, 1.165) is 0 Å². The molecule has 0 saturated carbocycles. The molecule has 0 heterocycles. The molecule has 0 fully saturated rings. The molecule has 0 bridgehead atoms. The van der Waals surface area contributed by atoms with Crippen molar-refractivity contribution in [3.05, 3.63) is 11.8 Å². The maximum Gasteiger partial charge on any atom is 0.334 e. The van der Waals surface area contributed by atoms with Crippen LogP contribution in [-0.4, -0.2) is 57.8 Å². The molecular formula is C11H20O6. The standard InChI is InChI=1S/C11H20O6/c1-10(11(12)13)9-17-8-7-16-6-5-15-4-3-14-2/h9H,3-8H2,1-2H3,(H,12,13). The molecule has 0 aromatic carbocycles. The Labute approximate surface area is 101 Å². The Morgan fingerprint density at radius 1 is 1.06 bits per heavy atom. The average Bonchev–Trinajstić information content (AvgIpc) is 2.31. The van der Waals surface area contributed by atoms with E-state index in [9.17, 15) is 4.79 Å². The second kappa shape index (κ2) is 11.4. The Hall–Kier alpha value is -1.11. The third kappa shape index (κ3) is 11.2. The largest absolute Gasteiger partial charge is 0.498 e. The van der Waals surface area contributed by atoms with Gasteiger partial charge in [-0.05, 0) is 6.92 Å². The van der Waals surface area contributed by atoms with Gasteiger partial charge in [0.2, 0.25) is 0 Å². The van der Waals surface area contributed by atoms with Crippen LogP contribution >= 0.6 is 0 Å². The fraction of sp³-hybridized carbons (Fsp3) is 0.727. The first kappa shape index (κ1) is 15.9. The summed E-state index contributed by atoms with van der Waals surface area (Å²) < 4.78 is 20.1. The van der Waals surface area contributed by atoms with Gasteiger partial charge in [-0.15, -0.1) is 0 Å². The molecule has 0 atom stereocenters. The zero-order valence-electron chi connectivity index (χ0n) is 10.3. The summed E-state index contributed by atoms with van der Waals surface area (Å²) in [5.41, 5.74) is 0.160. The second-order valence-corrected chi connectivity index (χ2v) is 3.19. The Balaban J connectivity index is 3.19. The normalized spacial score (nSPS) is 11.5. The van der Waals surface area contributed by atoms with Gasteiger partial charge in [0.1, 0.15) is 6.61 Å². The van der Waals surface area contributed by atoms with Crippen LogP contribution in [0, 0.1) is 0 Å². The zero-order valence-corrected chi connectivity index (χ0v) is 10.3. The first-order chi connectivity index (χ1) is 8.18. The Bertz CT molecular complexity index is 226. The monoisotopic (exact) mass is 248 g/mol. The minimum atomic E-state index is -0.988. The lowest BCUT2D eigenvalue weighted by molar-refractivity contribution is -0.132. The molecule has 17 heavy (non-hydrogen) atoms. The predicted octanol–water partition coefficient (Wildman–Crippen LogP) is 0.671. The van der Waals surface area contributed by atoms with E-state index in [1.807, 2.05) is 0 Å². The Morgan fingerprint density at radius 2 is 1.59 bits per heavy atom. The number of methoxy groups -OCH3 is 1. The van der Waals surface area contributed by atoms with E-state index in [4.69, 9.17) is 24.1 Å². The maximum atomic E-state index is 10.4. The smallest absolute Gasteiger partial charge is 0.334 e. The number of ether oxygens (including phenoxy) is 4. The van der Waals surface area contributed by atoms with Crippen molar-refractivity contribution in [3.8, 4) is 0 Å². The van der Waals surface area contributed by atoms with Crippen LogP contribution in [0.15, 0.2) is 11.8 Å². The molecule has 6 nitrogen and oxygen atoms in total. The quantitative estimate of drug-likeness (QED) is 0.329. The fourth-order valence-corrected chi connectivity index (χ4v) is 0.806. The first-order valence-electron chi connectivity index (χ1n) is 5.34. The number of carbonyl (C=O) groups is 1. The van der Waals surface area contributed by atoms with Gasteiger partial charge in [-0.1, -0.05) is 0 Å². The summed E-state index contributed by atoms with van der Waals surface area (Å²) in [4.78, 5) is 10.4. The summed E-state index contributed by atoms with van der Waals surface area (Å²) >= 11 is 0. The van der Waals surface area contributed by atoms with Gasteiger partial charge in [-0.2, -0.15) is 0 Å². The van der Waals surface area contributed by atoms with E-state index in [2.05, 4.69) is 0 Å². The maximum absolute atomic E-state index is 10.4. The number of carboxylic acids is 1. The highest BCUT2D eigenvalue weighted by Gasteiger charge is 1.98. The minimum Gasteiger partial charge on any atom is -0.498 e. The van der Waals surface area contributed by atoms with Crippen molar-refractivity contribution in [2.75, 3.05) is 46.8 Å². The first-order valence-corrected chi connectivity index (χ1v) is 5.34. The molecule has 1 N–H and O–H groups in total. The highest BCUT2D eigenvalue weighted by Crippen LogP contribution is 1.92. The van der Waals surface area contributed by atoms with Gasteiger partial charge in [0.25, 0.3) is 0 Å². The van der Waals surface area contributed by atoms with E-state index in [1.165, 1.54) is 13.2 Å². The van der Waals surface area contributed by atoms with Crippen LogP contribution < -0.4 is 0 Å². The van der Waals surface area contributed by atoms with Gasteiger partial charge in [0.05, 0.1) is 44.9 Å². The van der Waals surface area contributed by atoms with Crippen LogP contribution in [0.3, 0.4) is 0 Å². The lowest BCUT2D eigenvalue weighted by Crippen LogP contribution is -2.10. The Kier molecular flexibility index (Phi) is 10.6. The summed E-state index contributed by atoms with van der Waals surface area (Å²) in [6, 6.07) is 0. The van der Waals surface area contributed by atoms with Gasteiger partial charge in [0.15, 0.2) is 0 Å². The molecule has 100 valence electrons. The number of carboxylic acid groups (broad SMARTS) is 1. The van der Waals surface area contributed by atoms with Crippen molar-refractivity contribution in [2.24, 2.45) is 0 Å². The van der Waals surface area contributed by atoms with Gasteiger partial charge < -0.3 is 24.1 Å². The van der Waals surface area contributed by atoms with Gasteiger partial charge in [-0.25, -0.2) is 4.79 Å². The highest BCUT2D eigenvalue weighted by molar-refractivity contribution is 5.85. The van der Waals surface area contributed by atoms with Crippen LogP contribution in [0.5, 0.6) is 0 Å². The minimum absolute atomic E-state index is 0.160. The third-order valence-corrected chi connectivity index (χ3v) is 1.75. The molecule has 0 radical (unpaired) electrons. The van der Waals surface area contributed by atoms with E-state index in [1.54, 1.807) is 7.11 Å². The van der Waals surface area contributed by atoms with Crippen molar-refractivity contribution in [2.45, 2.75) is 6.92 Å². The molecule has 0 aliphatic heterocycles. The van der Waals surface area contributed by atoms with Crippen molar-refractivity contribution < 1.29 is 28.8 Å². The molecule has 0 spiro atoms. The molecule has 0 rings (SSSR count). The summed E-state index contributed by atoms with van der Waals surface area (Å²) in [5.74, 6) is -0.988. The molecule has 0 aromatic heterocycles. The topological polar surface area (TPSA) is 74.2 Å². The van der Waals surface area contributed by atoms with Gasteiger partial charge >= 0.3 is 5.97 Å².